The first-order valence-electron chi connectivity index (χ1n) is 5.77. The highest BCUT2D eigenvalue weighted by atomic mass is 32.2. The lowest BCUT2D eigenvalue weighted by molar-refractivity contribution is 0.318. The Labute approximate surface area is 120 Å². The zero-order valence-electron chi connectivity index (χ0n) is 11.1. The second-order valence-corrected chi connectivity index (χ2v) is 4.94. The molecule has 104 valence electrons. The van der Waals surface area contributed by atoms with Crippen molar-refractivity contribution in [1.82, 2.24) is 9.97 Å². The van der Waals surface area contributed by atoms with Gasteiger partial charge in [0.2, 0.25) is 0 Å². The van der Waals surface area contributed by atoms with E-state index < -0.39 is 0 Å². The van der Waals surface area contributed by atoms with Crippen molar-refractivity contribution in [3.8, 4) is 5.75 Å². The van der Waals surface area contributed by atoms with Gasteiger partial charge in [0.05, 0.1) is 7.11 Å². The molecule has 0 radical (unpaired) electrons. The van der Waals surface area contributed by atoms with E-state index in [0.29, 0.717) is 16.5 Å². The van der Waals surface area contributed by atoms with Crippen LogP contribution in [0.3, 0.4) is 0 Å². The smallest absolute Gasteiger partial charge is 0.192 e. The van der Waals surface area contributed by atoms with Gasteiger partial charge in [0.15, 0.2) is 11.0 Å². The molecular weight excluding hydrogens is 276 g/mol. The lowest BCUT2D eigenvalue weighted by Crippen LogP contribution is -2.14. The molecule has 6 nitrogen and oxygen atoms in total. The average Bonchev–Trinajstić information content (AvgIpc) is 2.46. The first-order valence-corrected chi connectivity index (χ1v) is 6.59. The quantitative estimate of drug-likeness (QED) is 0.294. The Balaban J connectivity index is 2.42. The molecule has 2 aromatic rings. The van der Waals surface area contributed by atoms with Crippen molar-refractivity contribution in [2.24, 2.45) is 10.9 Å². The predicted octanol–water partition coefficient (Wildman–Crippen LogP) is 2.04. The normalized spacial score (nSPS) is 11.4. The molecule has 0 saturated heterocycles. The molecule has 0 fully saturated rings. The summed E-state index contributed by atoms with van der Waals surface area (Å²) < 4.78 is 5.19. The van der Waals surface area contributed by atoms with E-state index in [1.807, 2.05) is 13.0 Å². The molecule has 0 amide bonds. The summed E-state index contributed by atoms with van der Waals surface area (Å²) in [6, 6.07) is 7.09. The van der Waals surface area contributed by atoms with Crippen LogP contribution in [-0.4, -0.2) is 28.1 Å². The van der Waals surface area contributed by atoms with Crippen molar-refractivity contribution < 1.29 is 9.94 Å². The van der Waals surface area contributed by atoms with Crippen LogP contribution in [0.1, 0.15) is 11.3 Å². The predicted molar refractivity (Wildman–Crippen MR) is 76.4 cm³/mol. The number of aromatic nitrogens is 2. The molecule has 0 aliphatic heterocycles. The van der Waals surface area contributed by atoms with E-state index in [4.69, 9.17) is 15.7 Å². The Bertz CT molecular complexity index is 646. The maximum atomic E-state index is 8.84. The average molecular weight is 290 g/mol. The van der Waals surface area contributed by atoms with Crippen LogP contribution in [0.15, 0.2) is 45.7 Å². The minimum absolute atomic E-state index is 0.0304. The van der Waals surface area contributed by atoms with E-state index >= 15 is 0 Å². The van der Waals surface area contributed by atoms with E-state index in [-0.39, 0.29) is 5.84 Å². The molecule has 1 aromatic heterocycles. The highest BCUT2D eigenvalue weighted by molar-refractivity contribution is 7.99. The van der Waals surface area contributed by atoms with Gasteiger partial charge in [0.1, 0.15) is 5.75 Å². The summed E-state index contributed by atoms with van der Waals surface area (Å²) in [6.07, 6.45) is 1.69. The van der Waals surface area contributed by atoms with Crippen LogP contribution in [0.5, 0.6) is 5.75 Å². The van der Waals surface area contributed by atoms with E-state index in [9.17, 15) is 0 Å². The number of hydrogen-bond acceptors (Lipinski definition) is 6. The molecule has 1 aromatic carbocycles. The summed E-state index contributed by atoms with van der Waals surface area (Å²) in [4.78, 5) is 9.26. The Morgan fingerprint density at radius 2 is 2.20 bits per heavy atom. The third kappa shape index (κ3) is 3.18. The number of nitrogens with two attached hydrogens (primary N) is 1. The van der Waals surface area contributed by atoms with Gasteiger partial charge in [0.25, 0.3) is 0 Å². The molecule has 0 bridgehead atoms. The topological polar surface area (TPSA) is 93.6 Å². The number of amidine groups is 1. The number of nitrogens with zero attached hydrogens (tertiary/aromatic N) is 3. The van der Waals surface area contributed by atoms with E-state index in [2.05, 4.69) is 15.1 Å². The van der Waals surface area contributed by atoms with E-state index in [0.717, 1.165) is 10.6 Å². The van der Waals surface area contributed by atoms with Gasteiger partial charge >= 0.3 is 0 Å². The summed E-state index contributed by atoms with van der Waals surface area (Å²) >= 11 is 1.33. The van der Waals surface area contributed by atoms with Crippen molar-refractivity contribution in [3.63, 3.8) is 0 Å². The molecule has 0 unspecified atom stereocenters. The van der Waals surface area contributed by atoms with Gasteiger partial charge < -0.3 is 15.7 Å². The van der Waals surface area contributed by atoms with E-state index in [1.54, 1.807) is 31.5 Å². The monoisotopic (exact) mass is 290 g/mol. The van der Waals surface area contributed by atoms with Gasteiger partial charge in [-0.2, -0.15) is 0 Å². The van der Waals surface area contributed by atoms with Crippen LogP contribution in [0.25, 0.3) is 0 Å². The maximum Gasteiger partial charge on any atom is 0.192 e. The minimum atomic E-state index is 0.0304. The van der Waals surface area contributed by atoms with Crippen LogP contribution in [0.4, 0.5) is 0 Å². The van der Waals surface area contributed by atoms with Crippen molar-refractivity contribution in [3.05, 3.63) is 41.7 Å². The number of aryl methyl sites for hydroxylation is 1. The number of oxime groups is 1. The summed E-state index contributed by atoms with van der Waals surface area (Å²) in [5.74, 6) is 0.706. The third-order valence-corrected chi connectivity index (χ3v) is 3.48. The molecule has 0 atom stereocenters. The molecule has 0 saturated carbocycles. The Kier molecular flexibility index (Phi) is 4.41. The molecule has 0 aliphatic rings. The third-order valence-electron chi connectivity index (χ3n) is 2.55. The number of ether oxygens (including phenoxy) is 1. The Morgan fingerprint density at radius 1 is 1.40 bits per heavy atom. The molecule has 2 rings (SSSR count). The lowest BCUT2D eigenvalue weighted by Gasteiger charge is -2.09. The van der Waals surface area contributed by atoms with Crippen LogP contribution in [0, 0.1) is 6.92 Å². The summed E-state index contributed by atoms with van der Waals surface area (Å²) in [7, 11) is 1.58. The maximum absolute atomic E-state index is 8.84. The van der Waals surface area contributed by atoms with Crippen LogP contribution in [0.2, 0.25) is 0 Å². The Morgan fingerprint density at radius 3 is 2.85 bits per heavy atom. The summed E-state index contributed by atoms with van der Waals surface area (Å²) in [6.45, 7) is 1.89. The molecule has 20 heavy (non-hydrogen) atoms. The number of methoxy groups -OCH3 is 1. The lowest BCUT2D eigenvalue weighted by atomic mass is 10.2. The fraction of sp³-hybridized carbons (Fsp3) is 0.154. The molecule has 7 heteroatoms. The largest absolute Gasteiger partial charge is 0.497 e. The Hall–Kier alpha value is -2.28. The van der Waals surface area contributed by atoms with Crippen LogP contribution < -0.4 is 10.5 Å². The first-order chi connectivity index (χ1) is 9.63. The first kappa shape index (κ1) is 14.1. The minimum Gasteiger partial charge on any atom is -0.497 e. The van der Waals surface area contributed by atoms with Gasteiger partial charge in [-0.3, -0.25) is 0 Å². The highest BCUT2D eigenvalue weighted by Gasteiger charge is 2.11. The van der Waals surface area contributed by atoms with Gasteiger partial charge in [-0.15, -0.1) is 0 Å². The summed E-state index contributed by atoms with van der Waals surface area (Å²) in [5.41, 5.74) is 7.15. The van der Waals surface area contributed by atoms with Crippen LogP contribution in [-0.2, 0) is 0 Å². The number of hydrogen-bond donors (Lipinski definition) is 2. The fourth-order valence-corrected chi connectivity index (χ4v) is 2.51. The van der Waals surface area contributed by atoms with Crippen molar-refractivity contribution in [2.45, 2.75) is 17.0 Å². The van der Waals surface area contributed by atoms with Crippen molar-refractivity contribution in [2.75, 3.05) is 7.11 Å². The van der Waals surface area contributed by atoms with Crippen molar-refractivity contribution >= 4 is 17.6 Å². The SMILES string of the molecule is COc1ccc(/C(N)=N/O)c(Sc2nccc(C)n2)c1. The van der Waals surface area contributed by atoms with Crippen molar-refractivity contribution in [1.29, 1.82) is 0 Å². The summed E-state index contributed by atoms with van der Waals surface area (Å²) in [5, 5.41) is 12.5. The van der Waals surface area contributed by atoms with Gasteiger partial charge in [-0.25, -0.2) is 9.97 Å². The molecule has 3 N–H and O–H groups in total. The second kappa shape index (κ2) is 6.25. The van der Waals surface area contributed by atoms with E-state index in [1.165, 1.54) is 11.8 Å². The number of benzene rings is 1. The molecule has 1 heterocycles. The van der Waals surface area contributed by atoms with Gasteiger partial charge in [-0.1, -0.05) is 5.16 Å². The zero-order chi connectivity index (χ0) is 14.5. The fourth-order valence-electron chi connectivity index (χ4n) is 1.55. The standard InChI is InChI=1S/C13H14N4O2S/c1-8-5-6-15-13(16-8)20-11-7-9(19-2)3-4-10(11)12(14)17-18/h3-7,18H,1-2H3,(H2,14,17). The van der Waals surface area contributed by atoms with Crippen LogP contribution >= 0.6 is 11.8 Å². The van der Waals surface area contributed by atoms with Gasteiger partial charge in [-0.05, 0) is 43.0 Å². The highest BCUT2D eigenvalue weighted by Crippen LogP contribution is 2.31. The van der Waals surface area contributed by atoms with Gasteiger partial charge in [0, 0.05) is 22.3 Å². The second-order valence-electron chi connectivity index (χ2n) is 3.93. The molecule has 0 spiro atoms. The number of rotatable bonds is 4. The zero-order valence-corrected chi connectivity index (χ0v) is 11.9. The molecule has 0 aliphatic carbocycles. The molecular formula is C13H14N4O2S.